The molecule has 0 aromatic heterocycles. The van der Waals surface area contributed by atoms with Crippen LogP contribution >= 0.6 is 12.0 Å². The van der Waals surface area contributed by atoms with Crippen molar-refractivity contribution >= 4 is 24.0 Å². The Morgan fingerprint density at radius 3 is 2.39 bits per heavy atom. The first-order chi connectivity index (χ1) is 8.52. The summed E-state index contributed by atoms with van der Waals surface area (Å²) in [5, 5.41) is 8.93. The smallest absolute Gasteiger partial charge is 0.334 e. The van der Waals surface area contributed by atoms with Crippen molar-refractivity contribution in [3.8, 4) is 5.75 Å². The molecule has 0 bridgehead atoms. The quantitative estimate of drug-likeness (QED) is 0.483. The molecule has 1 N–H and O–H groups in total. The van der Waals surface area contributed by atoms with Crippen LogP contribution in [0.4, 0.5) is 0 Å². The van der Waals surface area contributed by atoms with Gasteiger partial charge in [-0.15, -0.1) is 0 Å². The maximum atomic E-state index is 10.9. The van der Waals surface area contributed by atoms with E-state index in [0.29, 0.717) is 5.75 Å². The first kappa shape index (κ1) is 14.5. The van der Waals surface area contributed by atoms with Crippen LogP contribution in [0.25, 0.3) is 0 Å². The number of hydrogen-bond donors (Lipinski definition) is 1. The van der Waals surface area contributed by atoms with Gasteiger partial charge in [0.15, 0.2) is 6.10 Å². The molecule has 98 valence electrons. The van der Waals surface area contributed by atoms with E-state index in [0.717, 1.165) is 17.6 Å². The molecule has 1 unspecified atom stereocenters. The van der Waals surface area contributed by atoms with Gasteiger partial charge in [0.25, 0.3) is 0 Å². The summed E-state index contributed by atoms with van der Waals surface area (Å²) in [6.45, 7) is 1.32. The molecule has 0 aliphatic carbocycles. The minimum atomic E-state index is -1.01. The standard InChI is InChI=1S/C12H14O5S/c1-8(13)16-10-5-3-9(4-6-10)7-11(12(14)15)17-18-2/h3-6,11H,7H2,1-2H3,(H,14,15). The highest BCUT2D eigenvalue weighted by molar-refractivity contribution is 7.93. The van der Waals surface area contributed by atoms with Crippen molar-refractivity contribution in [2.45, 2.75) is 19.4 Å². The number of esters is 1. The Hall–Kier alpha value is -1.53. The fraction of sp³-hybridized carbons (Fsp3) is 0.333. The normalized spacial score (nSPS) is 11.9. The van der Waals surface area contributed by atoms with Crippen molar-refractivity contribution < 1.29 is 23.6 Å². The number of carbonyl (C=O) groups excluding carboxylic acids is 1. The third-order valence-corrected chi connectivity index (χ3v) is 2.52. The van der Waals surface area contributed by atoms with E-state index in [1.165, 1.54) is 6.92 Å². The zero-order chi connectivity index (χ0) is 13.5. The van der Waals surface area contributed by atoms with Gasteiger partial charge in [0, 0.05) is 19.6 Å². The molecule has 0 amide bonds. The fourth-order valence-electron chi connectivity index (χ4n) is 1.35. The van der Waals surface area contributed by atoms with Gasteiger partial charge < -0.3 is 14.0 Å². The molecule has 1 rings (SSSR count). The van der Waals surface area contributed by atoms with E-state index in [-0.39, 0.29) is 6.42 Å². The predicted octanol–water partition coefficient (Wildman–Crippen LogP) is 1.90. The average molecular weight is 270 g/mol. The molecule has 0 aliphatic rings. The van der Waals surface area contributed by atoms with Crippen molar-refractivity contribution in [2.75, 3.05) is 6.26 Å². The molecule has 0 saturated heterocycles. The lowest BCUT2D eigenvalue weighted by Gasteiger charge is -2.11. The van der Waals surface area contributed by atoms with Gasteiger partial charge in [-0.25, -0.2) is 4.79 Å². The van der Waals surface area contributed by atoms with Gasteiger partial charge in [0.2, 0.25) is 0 Å². The largest absolute Gasteiger partial charge is 0.479 e. The van der Waals surface area contributed by atoms with Crippen LogP contribution in [0.2, 0.25) is 0 Å². The number of carboxylic acids is 1. The molecule has 6 heteroatoms. The van der Waals surface area contributed by atoms with E-state index < -0.39 is 18.0 Å². The minimum absolute atomic E-state index is 0.260. The van der Waals surface area contributed by atoms with E-state index in [1.807, 2.05) is 0 Å². The summed E-state index contributed by atoms with van der Waals surface area (Å²) in [4.78, 5) is 21.6. The van der Waals surface area contributed by atoms with E-state index in [2.05, 4.69) is 0 Å². The maximum absolute atomic E-state index is 10.9. The Balaban J connectivity index is 2.67. The number of carbonyl (C=O) groups is 2. The van der Waals surface area contributed by atoms with Crippen LogP contribution in [-0.4, -0.2) is 29.4 Å². The van der Waals surface area contributed by atoms with E-state index in [4.69, 9.17) is 14.0 Å². The van der Waals surface area contributed by atoms with Crippen LogP contribution in [0.15, 0.2) is 24.3 Å². The summed E-state index contributed by atoms with van der Waals surface area (Å²) in [7, 11) is 0. The molecular weight excluding hydrogens is 256 g/mol. The Kier molecular flexibility index (Phi) is 5.67. The highest BCUT2D eigenvalue weighted by Crippen LogP contribution is 2.16. The molecule has 18 heavy (non-hydrogen) atoms. The van der Waals surface area contributed by atoms with Gasteiger partial charge in [-0.1, -0.05) is 12.1 Å². The molecule has 0 radical (unpaired) electrons. The lowest BCUT2D eigenvalue weighted by Crippen LogP contribution is -2.23. The van der Waals surface area contributed by atoms with Gasteiger partial charge in [0.1, 0.15) is 5.75 Å². The summed E-state index contributed by atoms with van der Waals surface area (Å²) in [6, 6.07) is 6.65. The highest BCUT2D eigenvalue weighted by atomic mass is 32.2. The van der Waals surface area contributed by atoms with E-state index >= 15 is 0 Å². The highest BCUT2D eigenvalue weighted by Gasteiger charge is 2.18. The molecular formula is C12H14O5S. The first-order valence-corrected chi connectivity index (χ1v) is 6.37. The molecule has 1 atom stereocenters. The minimum Gasteiger partial charge on any atom is -0.479 e. The Morgan fingerprint density at radius 1 is 1.33 bits per heavy atom. The van der Waals surface area contributed by atoms with Gasteiger partial charge in [0.05, 0.1) is 0 Å². The van der Waals surface area contributed by atoms with E-state index in [1.54, 1.807) is 30.5 Å². The van der Waals surface area contributed by atoms with Gasteiger partial charge >= 0.3 is 11.9 Å². The molecule has 0 fully saturated rings. The monoisotopic (exact) mass is 270 g/mol. The van der Waals surface area contributed by atoms with Crippen LogP contribution in [0.3, 0.4) is 0 Å². The average Bonchev–Trinajstić information content (AvgIpc) is 2.30. The topological polar surface area (TPSA) is 72.8 Å². The van der Waals surface area contributed by atoms with Gasteiger partial charge in [-0.05, 0) is 29.7 Å². The molecule has 0 saturated carbocycles. The van der Waals surface area contributed by atoms with Gasteiger partial charge in [-0.2, -0.15) is 0 Å². The summed E-state index contributed by atoms with van der Waals surface area (Å²) in [5.41, 5.74) is 0.798. The number of aliphatic carboxylic acids is 1. The second kappa shape index (κ2) is 7.03. The summed E-state index contributed by atoms with van der Waals surface area (Å²) >= 11 is 1.02. The molecule has 0 spiro atoms. The SMILES string of the molecule is CSOC(Cc1ccc(OC(C)=O)cc1)C(=O)O. The predicted molar refractivity (Wildman–Crippen MR) is 67.5 cm³/mol. The Bertz CT molecular complexity index is 415. The molecule has 0 heterocycles. The van der Waals surface area contributed by atoms with Crippen molar-refractivity contribution in [3.05, 3.63) is 29.8 Å². The summed E-state index contributed by atoms with van der Waals surface area (Å²) in [6.07, 6.45) is 1.04. The first-order valence-electron chi connectivity index (χ1n) is 5.22. The molecule has 1 aromatic rings. The lowest BCUT2D eigenvalue weighted by molar-refractivity contribution is -0.144. The summed E-state index contributed by atoms with van der Waals surface area (Å²) < 4.78 is 9.91. The molecule has 1 aromatic carbocycles. The lowest BCUT2D eigenvalue weighted by atomic mass is 10.1. The van der Waals surface area contributed by atoms with Crippen LogP contribution < -0.4 is 4.74 Å². The second-order valence-electron chi connectivity index (χ2n) is 3.53. The van der Waals surface area contributed by atoms with Crippen molar-refractivity contribution in [2.24, 2.45) is 0 Å². The van der Waals surface area contributed by atoms with Crippen molar-refractivity contribution in [3.63, 3.8) is 0 Å². The number of ether oxygens (including phenoxy) is 1. The zero-order valence-corrected chi connectivity index (χ0v) is 10.9. The van der Waals surface area contributed by atoms with Crippen molar-refractivity contribution in [1.82, 2.24) is 0 Å². The maximum Gasteiger partial charge on any atom is 0.334 e. The van der Waals surface area contributed by atoms with Crippen molar-refractivity contribution in [1.29, 1.82) is 0 Å². The zero-order valence-electron chi connectivity index (χ0n) is 10.1. The van der Waals surface area contributed by atoms with Crippen LogP contribution in [-0.2, 0) is 20.2 Å². The second-order valence-corrected chi connectivity index (χ2v) is 4.06. The number of hydrogen-bond acceptors (Lipinski definition) is 5. The summed E-state index contributed by atoms with van der Waals surface area (Å²) in [5.74, 6) is -0.964. The van der Waals surface area contributed by atoms with Gasteiger partial charge in [-0.3, -0.25) is 4.79 Å². The number of rotatable bonds is 6. The molecule has 0 aliphatic heterocycles. The Morgan fingerprint density at radius 2 is 1.94 bits per heavy atom. The fourth-order valence-corrected chi connectivity index (χ4v) is 1.73. The molecule has 5 nitrogen and oxygen atoms in total. The Labute approximate surface area is 109 Å². The van der Waals surface area contributed by atoms with E-state index in [9.17, 15) is 9.59 Å². The van der Waals surface area contributed by atoms with Crippen LogP contribution in [0, 0.1) is 0 Å². The third kappa shape index (κ3) is 4.77. The number of benzene rings is 1. The third-order valence-electron chi connectivity index (χ3n) is 2.09. The number of carboxylic acid groups (broad SMARTS) is 1. The van der Waals surface area contributed by atoms with Crippen LogP contribution in [0.1, 0.15) is 12.5 Å². The van der Waals surface area contributed by atoms with Crippen LogP contribution in [0.5, 0.6) is 5.75 Å².